The highest BCUT2D eigenvalue weighted by atomic mass is 35.5. The summed E-state index contributed by atoms with van der Waals surface area (Å²) in [6.45, 7) is 2.05. The van der Waals surface area contributed by atoms with Crippen LogP contribution in [0.2, 0.25) is 5.02 Å². The van der Waals surface area contributed by atoms with Crippen molar-refractivity contribution in [3.63, 3.8) is 0 Å². The zero-order valence-corrected chi connectivity index (χ0v) is 16.7. The molecular weight excluding hydrogens is 398 g/mol. The number of aryl methyl sites for hydroxylation is 1. The average molecular weight is 414 g/mol. The van der Waals surface area contributed by atoms with Crippen molar-refractivity contribution in [2.45, 2.75) is 13.3 Å². The van der Waals surface area contributed by atoms with E-state index in [1.54, 1.807) is 25.6 Å². The second-order valence-electron chi connectivity index (χ2n) is 5.88. The van der Waals surface area contributed by atoms with E-state index in [1.165, 1.54) is 15.9 Å². The van der Waals surface area contributed by atoms with Gasteiger partial charge in [-0.15, -0.1) is 11.3 Å². The molecule has 1 aromatic carbocycles. The predicted molar refractivity (Wildman–Crippen MR) is 109 cm³/mol. The smallest absolute Gasteiger partial charge is 0.279 e. The standard InChI is InChI=1S/C19H16ClN5O2S/c1-3-13-15(11-5-7-12(27-2)8-6-11)22-19(28-13)23-18(26)16-14(20)17-21-9-4-10-25(17)24-16/h4-10H,3H2,1-2H3,(H,22,23,26). The summed E-state index contributed by atoms with van der Waals surface area (Å²) in [4.78, 5) is 22.5. The Hall–Kier alpha value is -2.97. The molecule has 0 atom stereocenters. The number of methoxy groups -OCH3 is 1. The maximum Gasteiger partial charge on any atom is 0.279 e. The minimum atomic E-state index is -0.423. The second-order valence-corrected chi connectivity index (χ2v) is 7.34. The summed E-state index contributed by atoms with van der Waals surface area (Å²) in [5.74, 6) is 0.355. The van der Waals surface area contributed by atoms with E-state index in [0.29, 0.717) is 10.8 Å². The molecule has 142 valence electrons. The van der Waals surface area contributed by atoms with Gasteiger partial charge in [-0.3, -0.25) is 10.1 Å². The Labute approximate surface area is 170 Å². The van der Waals surface area contributed by atoms with E-state index in [2.05, 4.69) is 27.3 Å². The van der Waals surface area contributed by atoms with Crippen LogP contribution in [0.5, 0.6) is 5.75 Å². The molecule has 0 bridgehead atoms. The number of anilines is 1. The molecular formula is C19H16ClN5O2S. The quantitative estimate of drug-likeness (QED) is 0.526. The van der Waals surface area contributed by atoms with E-state index in [1.807, 2.05) is 24.3 Å². The Morgan fingerprint density at radius 1 is 1.32 bits per heavy atom. The Morgan fingerprint density at radius 3 is 2.79 bits per heavy atom. The monoisotopic (exact) mass is 413 g/mol. The van der Waals surface area contributed by atoms with E-state index in [9.17, 15) is 4.79 Å². The number of ether oxygens (including phenoxy) is 1. The van der Waals surface area contributed by atoms with Gasteiger partial charge in [0.05, 0.1) is 12.8 Å². The van der Waals surface area contributed by atoms with Crippen molar-refractivity contribution in [2.75, 3.05) is 12.4 Å². The second kappa shape index (κ2) is 7.57. The van der Waals surface area contributed by atoms with E-state index in [-0.39, 0.29) is 10.7 Å². The lowest BCUT2D eigenvalue weighted by atomic mass is 10.1. The first-order valence-electron chi connectivity index (χ1n) is 8.55. The number of nitrogens with zero attached hydrogens (tertiary/aromatic N) is 4. The van der Waals surface area contributed by atoms with Crippen LogP contribution >= 0.6 is 22.9 Å². The number of carbonyl (C=O) groups is 1. The fourth-order valence-corrected chi connectivity index (χ4v) is 3.96. The summed E-state index contributed by atoms with van der Waals surface area (Å²) in [5.41, 5.74) is 2.35. The zero-order chi connectivity index (χ0) is 19.7. The van der Waals surface area contributed by atoms with Gasteiger partial charge >= 0.3 is 0 Å². The minimum Gasteiger partial charge on any atom is -0.497 e. The van der Waals surface area contributed by atoms with Crippen LogP contribution < -0.4 is 10.1 Å². The van der Waals surface area contributed by atoms with Gasteiger partial charge < -0.3 is 4.74 Å². The molecule has 4 aromatic rings. The van der Waals surface area contributed by atoms with Crippen LogP contribution in [0.3, 0.4) is 0 Å². The SMILES string of the molecule is CCc1sc(NC(=O)c2nn3cccnc3c2Cl)nc1-c1ccc(OC)cc1. The van der Waals surface area contributed by atoms with Crippen molar-refractivity contribution in [2.24, 2.45) is 0 Å². The van der Waals surface area contributed by atoms with Gasteiger partial charge in [0.2, 0.25) is 0 Å². The number of benzene rings is 1. The van der Waals surface area contributed by atoms with E-state index >= 15 is 0 Å². The largest absolute Gasteiger partial charge is 0.497 e. The number of carbonyl (C=O) groups excluding carboxylic acids is 1. The lowest BCUT2D eigenvalue weighted by Crippen LogP contribution is -2.13. The van der Waals surface area contributed by atoms with Crippen LogP contribution in [0.25, 0.3) is 16.9 Å². The van der Waals surface area contributed by atoms with Crippen LogP contribution in [0.4, 0.5) is 5.13 Å². The fourth-order valence-electron chi connectivity index (χ4n) is 2.78. The van der Waals surface area contributed by atoms with Gasteiger partial charge in [0.15, 0.2) is 16.5 Å². The summed E-state index contributed by atoms with van der Waals surface area (Å²) in [5, 5.41) is 7.71. The van der Waals surface area contributed by atoms with Crippen LogP contribution in [-0.4, -0.2) is 32.6 Å². The summed E-state index contributed by atoms with van der Waals surface area (Å²) < 4.78 is 6.67. The third-order valence-electron chi connectivity index (χ3n) is 4.16. The normalized spacial score (nSPS) is 11.0. The fraction of sp³-hybridized carbons (Fsp3) is 0.158. The van der Waals surface area contributed by atoms with Gasteiger partial charge in [0.25, 0.3) is 5.91 Å². The molecule has 1 amide bonds. The molecule has 0 saturated carbocycles. The molecule has 9 heteroatoms. The summed E-state index contributed by atoms with van der Waals surface area (Å²) in [6.07, 6.45) is 4.08. The number of aromatic nitrogens is 4. The van der Waals surface area contributed by atoms with Crippen molar-refractivity contribution < 1.29 is 9.53 Å². The highest BCUT2D eigenvalue weighted by Gasteiger charge is 2.21. The molecule has 3 heterocycles. The highest BCUT2D eigenvalue weighted by Crippen LogP contribution is 2.33. The Kier molecular flexibility index (Phi) is 4.97. The van der Waals surface area contributed by atoms with E-state index < -0.39 is 5.91 Å². The Morgan fingerprint density at radius 2 is 2.11 bits per heavy atom. The maximum absolute atomic E-state index is 12.7. The van der Waals surface area contributed by atoms with Crippen LogP contribution in [0, 0.1) is 0 Å². The third kappa shape index (κ3) is 3.32. The topological polar surface area (TPSA) is 81.4 Å². The minimum absolute atomic E-state index is 0.111. The molecule has 7 nitrogen and oxygen atoms in total. The van der Waals surface area contributed by atoms with Gasteiger partial charge in [-0.2, -0.15) is 5.10 Å². The van der Waals surface area contributed by atoms with Crippen molar-refractivity contribution in [3.05, 3.63) is 58.3 Å². The lowest BCUT2D eigenvalue weighted by molar-refractivity contribution is 0.102. The first-order valence-corrected chi connectivity index (χ1v) is 9.74. The van der Waals surface area contributed by atoms with Gasteiger partial charge in [-0.05, 0) is 36.8 Å². The molecule has 1 N–H and O–H groups in total. The Balaban J connectivity index is 1.63. The molecule has 0 fully saturated rings. The summed E-state index contributed by atoms with van der Waals surface area (Å²) in [7, 11) is 1.63. The molecule has 0 aliphatic heterocycles. The first-order chi connectivity index (χ1) is 13.6. The lowest BCUT2D eigenvalue weighted by Gasteiger charge is -2.02. The highest BCUT2D eigenvalue weighted by molar-refractivity contribution is 7.16. The average Bonchev–Trinajstić information content (AvgIpc) is 3.29. The maximum atomic E-state index is 12.7. The number of rotatable bonds is 5. The van der Waals surface area contributed by atoms with E-state index in [4.69, 9.17) is 16.3 Å². The van der Waals surface area contributed by atoms with Crippen molar-refractivity contribution in [3.8, 4) is 17.0 Å². The van der Waals surface area contributed by atoms with Crippen LogP contribution in [-0.2, 0) is 6.42 Å². The number of nitrogens with one attached hydrogen (secondary N) is 1. The molecule has 0 aliphatic rings. The third-order valence-corrected chi connectivity index (χ3v) is 5.62. The van der Waals surface area contributed by atoms with Crippen molar-refractivity contribution >= 4 is 39.6 Å². The number of amides is 1. The molecule has 0 aliphatic carbocycles. The number of hydrogen-bond donors (Lipinski definition) is 1. The molecule has 0 saturated heterocycles. The first kappa shape index (κ1) is 18.4. The summed E-state index contributed by atoms with van der Waals surface area (Å²) >= 11 is 7.70. The van der Waals surface area contributed by atoms with E-state index in [0.717, 1.165) is 28.3 Å². The molecule has 0 spiro atoms. The molecule has 3 aromatic heterocycles. The van der Waals surface area contributed by atoms with Gasteiger partial charge in [-0.1, -0.05) is 18.5 Å². The number of fused-ring (bicyclic) bond motifs is 1. The number of hydrogen-bond acceptors (Lipinski definition) is 6. The number of thiazole rings is 1. The van der Waals surface area contributed by atoms with Crippen molar-refractivity contribution in [1.82, 2.24) is 19.6 Å². The van der Waals surface area contributed by atoms with Crippen molar-refractivity contribution in [1.29, 1.82) is 0 Å². The Bertz CT molecular complexity index is 1150. The van der Waals surface area contributed by atoms with Gasteiger partial charge in [-0.25, -0.2) is 14.5 Å². The number of halogens is 1. The summed E-state index contributed by atoms with van der Waals surface area (Å²) in [6, 6.07) is 9.38. The van der Waals surface area contributed by atoms with Crippen LogP contribution in [0.15, 0.2) is 42.7 Å². The predicted octanol–water partition coefficient (Wildman–Crippen LogP) is 4.33. The zero-order valence-electron chi connectivity index (χ0n) is 15.1. The molecule has 28 heavy (non-hydrogen) atoms. The molecule has 0 radical (unpaired) electrons. The molecule has 4 rings (SSSR count). The molecule has 0 unspecified atom stereocenters. The van der Waals surface area contributed by atoms with Gasteiger partial charge in [0.1, 0.15) is 10.8 Å². The van der Waals surface area contributed by atoms with Gasteiger partial charge in [0, 0.05) is 22.8 Å². The van der Waals surface area contributed by atoms with Crippen LogP contribution in [0.1, 0.15) is 22.3 Å².